The summed E-state index contributed by atoms with van der Waals surface area (Å²) in [6.07, 6.45) is 2.15. The molecule has 3 heteroatoms. The van der Waals surface area contributed by atoms with Gasteiger partial charge in [0.25, 0.3) is 0 Å². The molecular weight excluding hydrogens is 230 g/mol. The van der Waals surface area contributed by atoms with Gasteiger partial charge in [-0.1, -0.05) is 24.3 Å². The standard InChI is InChI=1S/C14H21NOS/c16-7-3-8-17-9-6-15-11-13-10-12-4-1-2-5-14(12)13/h1-2,4-5,13,15-16H,3,6-11H2. The van der Waals surface area contributed by atoms with Crippen molar-refractivity contribution in [1.29, 1.82) is 0 Å². The van der Waals surface area contributed by atoms with Crippen molar-refractivity contribution in [2.24, 2.45) is 0 Å². The lowest BCUT2D eigenvalue weighted by Gasteiger charge is -2.30. The molecule has 1 aromatic rings. The van der Waals surface area contributed by atoms with E-state index in [0.717, 1.165) is 36.9 Å². The van der Waals surface area contributed by atoms with Gasteiger partial charge < -0.3 is 10.4 Å². The van der Waals surface area contributed by atoms with E-state index in [1.807, 2.05) is 11.8 Å². The molecule has 0 spiro atoms. The van der Waals surface area contributed by atoms with Crippen LogP contribution in [0.25, 0.3) is 0 Å². The lowest BCUT2D eigenvalue weighted by Crippen LogP contribution is -2.30. The van der Waals surface area contributed by atoms with Gasteiger partial charge in [0.15, 0.2) is 0 Å². The molecule has 1 unspecified atom stereocenters. The Bertz CT molecular complexity index is 343. The molecule has 1 aliphatic rings. The summed E-state index contributed by atoms with van der Waals surface area (Å²) in [4.78, 5) is 0. The monoisotopic (exact) mass is 251 g/mol. The molecule has 0 saturated carbocycles. The minimum absolute atomic E-state index is 0.319. The second-order valence-electron chi connectivity index (χ2n) is 4.49. The van der Waals surface area contributed by atoms with E-state index < -0.39 is 0 Å². The van der Waals surface area contributed by atoms with Crippen LogP contribution in [0, 0.1) is 0 Å². The maximum Gasteiger partial charge on any atom is 0.0438 e. The Morgan fingerprint density at radius 3 is 3.00 bits per heavy atom. The van der Waals surface area contributed by atoms with Crippen LogP contribution in [0.3, 0.4) is 0 Å². The van der Waals surface area contributed by atoms with Crippen molar-refractivity contribution in [2.45, 2.75) is 18.8 Å². The first-order valence-electron chi connectivity index (χ1n) is 6.39. The predicted molar refractivity (Wildman–Crippen MR) is 74.8 cm³/mol. The van der Waals surface area contributed by atoms with Gasteiger partial charge in [-0.25, -0.2) is 0 Å². The summed E-state index contributed by atoms with van der Waals surface area (Å²) in [6.45, 7) is 2.51. The van der Waals surface area contributed by atoms with Crippen LogP contribution in [0.15, 0.2) is 24.3 Å². The third-order valence-electron chi connectivity index (χ3n) is 3.22. The summed E-state index contributed by atoms with van der Waals surface area (Å²) in [5.41, 5.74) is 3.06. The van der Waals surface area contributed by atoms with Crippen molar-refractivity contribution in [3.8, 4) is 0 Å². The van der Waals surface area contributed by atoms with Crippen molar-refractivity contribution in [3.63, 3.8) is 0 Å². The van der Waals surface area contributed by atoms with Crippen molar-refractivity contribution in [1.82, 2.24) is 5.32 Å². The topological polar surface area (TPSA) is 32.3 Å². The third kappa shape index (κ3) is 3.73. The first-order valence-corrected chi connectivity index (χ1v) is 7.54. The van der Waals surface area contributed by atoms with Crippen molar-refractivity contribution >= 4 is 11.8 Å². The summed E-state index contributed by atoms with van der Waals surface area (Å²) in [5, 5.41) is 12.2. The molecule has 0 aromatic heterocycles. The largest absolute Gasteiger partial charge is 0.396 e. The van der Waals surface area contributed by atoms with E-state index in [1.54, 1.807) is 0 Å². The molecule has 1 aromatic carbocycles. The van der Waals surface area contributed by atoms with Gasteiger partial charge >= 0.3 is 0 Å². The molecule has 0 saturated heterocycles. The number of nitrogens with one attached hydrogen (secondary N) is 1. The summed E-state index contributed by atoms with van der Waals surface area (Å²) < 4.78 is 0. The average molecular weight is 251 g/mol. The van der Waals surface area contributed by atoms with Crippen LogP contribution in [-0.2, 0) is 6.42 Å². The van der Waals surface area contributed by atoms with Crippen molar-refractivity contribution in [2.75, 3.05) is 31.2 Å². The van der Waals surface area contributed by atoms with Crippen LogP contribution in [0.5, 0.6) is 0 Å². The molecule has 0 bridgehead atoms. The van der Waals surface area contributed by atoms with Crippen LogP contribution >= 0.6 is 11.8 Å². The quantitative estimate of drug-likeness (QED) is 0.693. The molecule has 0 aliphatic heterocycles. The highest BCUT2D eigenvalue weighted by Crippen LogP contribution is 2.33. The molecule has 0 heterocycles. The Kier molecular flexibility index (Phi) is 5.36. The average Bonchev–Trinajstić information content (AvgIpc) is 2.33. The zero-order valence-corrected chi connectivity index (χ0v) is 11.0. The zero-order valence-electron chi connectivity index (χ0n) is 10.2. The van der Waals surface area contributed by atoms with Gasteiger partial charge in [0.05, 0.1) is 0 Å². The second kappa shape index (κ2) is 7.04. The molecule has 2 N–H and O–H groups in total. The maximum atomic E-state index is 8.65. The fourth-order valence-electron chi connectivity index (χ4n) is 2.23. The predicted octanol–water partition coefficient (Wildman–Crippen LogP) is 2.03. The first kappa shape index (κ1) is 12.9. The minimum Gasteiger partial charge on any atom is -0.396 e. The summed E-state index contributed by atoms with van der Waals surface area (Å²) in [6, 6.07) is 8.74. The van der Waals surface area contributed by atoms with Gasteiger partial charge in [-0.15, -0.1) is 0 Å². The Morgan fingerprint density at radius 2 is 2.18 bits per heavy atom. The summed E-state index contributed by atoms with van der Waals surface area (Å²) >= 11 is 1.92. The third-order valence-corrected chi connectivity index (χ3v) is 4.29. The van der Waals surface area contributed by atoms with Crippen LogP contribution in [0.1, 0.15) is 23.5 Å². The van der Waals surface area contributed by atoms with Crippen molar-refractivity contribution < 1.29 is 5.11 Å². The highest BCUT2D eigenvalue weighted by Gasteiger charge is 2.24. The van der Waals surface area contributed by atoms with Crippen LogP contribution in [-0.4, -0.2) is 36.3 Å². The number of fused-ring (bicyclic) bond motifs is 1. The van der Waals surface area contributed by atoms with Gasteiger partial charge in [0.2, 0.25) is 0 Å². The lowest BCUT2D eigenvalue weighted by atomic mass is 9.78. The molecule has 1 atom stereocenters. The molecular formula is C14H21NOS. The van der Waals surface area contributed by atoms with Crippen LogP contribution in [0.2, 0.25) is 0 Å². The summed E-state index contributed by atoms with van der Waals surface area (Å²) in [7, 11) is 0. The van der Waals surface area contributed by atoms with Gasteiger partial charge in [0, 0.05) is 31.4 Å². The highest BCUT2D eigenvalue weighted by molar-refractivity contribution is 7.99. The highest BCUT2D eigenvalue weighted by atomic mass is 32.2. The molecule has 1 aliphatic carbocycles. The van der Waals surface area contributed by atoms with E-state index in [-0.39, 0.29) is 0 Å². The van der Waals surface area contributed by atoms with Crippen LogP contribution in [0.4, 0.5) is 0 Å². The maximum absolute atomic E-state index is 8.65. The Morgan fingerprint density at radius 1 is 1.29 bits per heavy atom. The minimum atomic E-state index is 0.319. The Balaban J connectivity index is 1.53. The van der Waals surface area contributed by atoms with E-state index >= 15 is 0 Å². The number of aliphatic hydroxyl groups is 1. The van der Waals surface area contributed by atoms with E-state index in [9.17, 15) is 0 Å². The summed E-state index contributed by atoms with van der Waals surface area (Å²) in [5.74, 6) is 2.95. The van der Waals surface area contributed by atoms with Gasteiger partial charge in [0.1, 0.15) is 0 Å². The normalized spacial score (nSPS) is 17.6. The SMILES string of the molecule is OCCCSCCNCC1Cc2ccccc21. The van der Waals surface area contributed by atoms with Gasteiger partial charge in [-0.2, -0.15) is 11.8 Å². The van der Waals surface area contributed by atoms with E-state index in [0.29, 0.717) is 6.61 Å². The number of aliphatic hydroxyl groups excluding tert-OH is 1. The number of benzene rings is 1. The molecule has 17 heavy (non-hydrogen) atoms. The van der Waals surface area contributed by atoms with Gasteiger partial charge in [-0.05, 0) is 29.7 Å². The molecule has 94 valence electrons. The molecule has 0 radical (unpaired) electrons. The van der Waals surface area contributed by atoms with Crippen LogP contribution < -0.4 is 5.32 Å². The Hall–Kier alpha value is -0.510. The number of hydrogen-bond acceptors (Lipinski definition) is 3. The zero-order chi connectivity index (χ0) is 11.9. The van der Waals surface area contributed by atoms with Crippen molar-refractivity contribution in [3.05, 3.63) is 35.4 Å². The molecule has 2 nitrogen and oxygen atoms in total. The molecule has 0 fully saturated rings. The second-order valence-corrected chi connectivity index (χ2v) is 5.72. The number of thioether (sulfide) groups is 1. The smallest absolute Gasteiger partial charge is 0.0438 e. The number of hydrogen-bond donors (Lipinski definition) is 2. The Labute approximate surface area is 108 Å². The molecule has 0 amide bonds. The van der Waals surface area contributed by atoms with E-state index in [1.165, 1.54) is 17.5 Å². The van der Waals surface area contributed by atoms with E-state index in [2.05, 4.69) is 29.6 Å². The van der Waals surface area contributed by atoms with E-state index in [4.69, 9.17) is 5.11 Å². The first-order chi connectivity index (χ1) is 8.42. The molecule has 2 rings (SSSR count). The number of rotatable bonds is 8. The fraction of sp³-hybridized carbons (Fsp3) is 0.571. The fourth-order valence-corrected chi connectivity index (χ4v) is 3.06. The van der Waals surface area contributed by atoms with Gasteiger partial charge in [-0.3, -0.25) is 0 Å². The lowest BCUT2D eigenvalue weighted by molar-refractivity contribution is 0.296.